The smallest absolute Gasteiger partial charge is 0.138 e. The van der Waals surface area contributed by atoms with Crippen molar-refractivity contribution < 1.29 is 4.79 Å². The summed E-state index contributed by atoms with van der Waals surface area (Å²) in [6, 6.07) is 0. The number of carbonyl (C=O) groups excluding carboxylic acids is 1. The summed E-state index contributed by atoms with van der Waals surface area (Å²) in [5, 5.41) is 0. The van der Waals surface area contributed by atoms with E-state index in [4.69, 9.17) is 0 Å². The molecule has 0 aliphatic heterocycles. The van der Waals surface area contributed by atoms with Gasteiger partial charge >= 0.3 is 0 Å². The van der Waals surface area contributed by atoms with E-state index >= 15 is 0 Å². The van der Waals surface area contributed by atoms with Crippen LogP contribution in [0.2, 0.25) is 0 Å². The monoisotopic (exact) mass is 184 g/mol. The van der Waals surface area contributed by atoms with Crippen LogP contribution in [0.25, 0.3) is 0 Å². The summed E-state index contributed by atoms with van der Waals surface area (Å²) in [4.78, 5) is 11.9. The normalized spacial score (nSPS) is 13.3. The van der Waals surface area contributed by atoms with Crippen LogP contribution in [-0.2, 0) is 4.79 Å². The Kier molecular flexibility index (Phi) is 6.93. The van der Waals surface area contributed by atoms with Gasteiger partial charge in [-0.1, -0.05) is 40.5 Å². The molecule has 0 saturated carbocycles. The Labute approximate surface area is 82.9 Å². The molecule has 0 aliphatic carbocycles. The van der Waals surface area contributed by atoms with Gasteiger partial charge in [-0.05, 0) is 19.3 Å². The van der Waals surface area contributed by atoms with E-state index in [1.807, 2.05) is 0 Å². The Bertz CT molecular complexity index is 134. The average Bonchev–Trinajstić information content (AvgIpc) is 2.15. The molecule has 0 amide bonds. The van der Waals surface area contributed by atoms with Crippen molar-refractivity contribution in [3.63, 3.8) is 0 Å². The summed E-state index contributed by atoms with van der Waals surface area (Å²) in [5.74, 6) is 1.10. The van der Waals surface area contributed by atoms with Crippen LogP contribution in [0.1, 0.15) is 59.8 Å². The minimum atomic E-state index is 0.267. The fourth-order valence-electron chi connectivity index (χ4n) is 1.73. The summed E-state index contributed by atoms with van der Waals surface area (Å²) < 4.78 is 0. The van der Waals surface area contributed by atoms with Crippen LogP contribution < -0.4 is 0 Å². The second kappa shape index (κ2) is 7.11. The van der Waals surface area contributed by atoms with Gasteiger partial charge in [-0.25, -0.2) is 0 Å². The fraction of sp³-hybridized carbons (Fsp3) is 0.917. The van der Waals surface area contributed by atoms with Crippen molar-refractivity contribution in [2.75, 3.05) is 0 Å². The lowest BCUT2D eigenvalue weighted by atomic mass is 9.86. The van der Waals surface area contributed by atoms with E-state index in [2.05, 4.69) is 27.7 Å². The van der Waals surface area contributed by atoms with Gasteiger partial charge in [0, 0.05) is 11.8 Å². The predicted octanol–water partition coefficient (Wildman–Crippen LogP) is 3.82. The van der Waals surface area contributed by atoms with E-state index in [0.29, 0.717) is 11.7 Å². The number of Topliss-reactive ketones (excluding diaryl/α,β-unsaturated/α-hetero) is 1. The maximum Gasteiger partial charge on any atom is 0.138 e. The molecule has 1 heteroatoms. The highest BCUT2D eigenvalue weighted by Gasteiger charge is 2.20. The van der Waals surface area contributed by atoms with E-state index in [9.17, 15) is 4.79 Å². The summed E-state index contributed by atoms with van der Waals surface area (Å²) in [7, 11) is 0. The molecule has 0 aromatic rings. The van der Waals surface area contributed by atoms with E-state index in [1.54, 1.807) is 0 Å². The molecule has 0 aromatic heterocycles. The second-order valence-corrected chi connectivity index (χ2v) is 3.99. The third-order valence-corrected chi connectivity index (χ3v) is 2.77. The lowest BCUT2D eigenvalue weighted by molar-refractivity contribution is -0.126. The molecule has 13 heavy (non-hydrogen) atoms. The minimum Gasteiger partial charge on any atom is -0.299 e. The highest BCUT2D eigenvalue weighted by atomic mass is 16.1. The van der Waals surface area contributed by atoms with Crippen LogP contribution in [0.5, 0.6) is 0 Å². The van der Waals surface area contributed by atoms with Gasteiger partial charge in [-0.15, -0.1) is 0 Å². The first-order valence-corrected chi connectivity index (χ1v) is 5.70. The maximum atomic E-state index is 11.9. The Morgan fingerprint density at radius 2 is 1.54 bits per heavy atom. The summed E-state index contributed by atoms with van der Waals surface area (Å²) in [5.41, 5.74) is 0. The Hall–Kier alpha value is -0.330. The van der Waals surface area contributed by atoms with Crippen molar-refractivity contribution in [3.8, 4) is 0 Å². The number of hydrogen-bond acceptors (Lipinski definition) is 1. The third kappa shape index (κ3) is 4.44. The van der Waals surface area contributed by atoms with Crippen LogP contribution in [-0.4, -0.2) is 5.78 Å². The topological polar surface area (TPSA) is 17.1 Å². The molecule has 0 saturated heterocycles. The summed E-state index contributed by atoms with van der Waals surface area (Å²) >= 11 is 0. The first kappa shape index (κ1) is 12.7. The molecule has 0 rings (SSSR count). The van der Waals surface area contributed by atoms with Gasteiger partial charge in [0.1, 0.15) is 5.78 Å². The first-order valence-electron chi connectivity index (χ1n) is 5.70. The molecule has 0 radical (unpaired) electrons. The SMILES string of the molecule is CCCC(CCC)C(=O)C(C)CC. The standard InChI is InChI=1S/C12H24O/c1-5-8-11(9-6-2)12(13)10(4)7-3/h10-11H,5-9H2,1-4H3. The van der Waals surface area contributed by atoms with Crippen LogP contribution >= 0.6 is 0 Å². The lowest BCUT2D eigenvalue weighted by Crippen LogP contribution is -2.21. The fourth-order valence-corrected chi connectivity index (χ4v) is 1.73. The zero-order valence-corrected chi connectivity index (χ0v) is 9.60. The van der Waals surface area contributed by atoms with Crippen molar-refractivity contribution in [2.24, 2.45) is 11.8 Å². The zero-order valence-electron chi connectivity index (χ0n) is 9.60. The van der Waals surface area contributed by atoms with Gasteiger partial charge in [-0.2, -0.15) is 0 Å². The molecular formula is C12H24O. The molecule has 1 unspecified atom stereocenters. The molecule has 0 N–H and O–H groups in total. The van der Waals surface area contributed by atoms with Gasteiger partial charge in [0.25, 0.3) is 0 Å². The molecule has 0 spiro atoms. The molecular weight excluding hydrogens is 160 g/mol. The van der Waals surface area contributed by atoms with Gasteiger partial charge in [0.15, 0.2) is 0 Å². The van der Waals surface area contributed by atoms with Crippen LogP contribution in [0, 0.1) is 11.8 Å². The molecule has 0 heterocycles. The van der Waals surface area contributed by atoms with E-state index in [-0.39, 0.29) is 5.92 Å². The third-order valence-electron chi connectivity index (χ3n) is 2.77. The van der Waals surface area contributed by atoms with Gasteiger partial charge in [0.2, 0.25) is 0 Å². The highest BCUT2D eigenvalue weighted by Crippen LogP contribution is 2.20. The van der Waals surface area contributed by atoms with E-state index in [0.717, 1.165) is 32.1 Å². The largest absolute Gasteiger partial charge is 0.299 e. The number of ketones is 1. The Morgan fingerprint density at radius 3 is 1.85 bits per heavy atom. The number of carbonyl (C=O) groups is 1. The average molecular weight is 184 g/mol. The zero-order chi connectivity index (χ0) is 10.3. The molecule has 0 aromatic carbocycles. The summed E-state index contributed by atoms with van der Waals surface area (Å²) in [6.45, 7) is 8.47. The number of rotatable bonds is 7. The molecule has 0 bridgehead atoms. The van der Waals surface area contributed by atoms with Crippen molar-refractivity contribution >= 4 is 5.78 Å². The van der Waals surface area contributed by atoms with E-state index < -0.39 is 0 Å². The van der Waals surface area contributed by atoms with Crippen molar-refractivity contribution in [2.45, 2.75) is 59.8 Å². The minimum absolute atomic E-state index is 0.267. The van der Waals surface area contributed by atoms with Crippen LogP contribution in [0.3, 0.4) is 0 Å². The maximum absolute atomic E-state index is 11.9. The van der Waals surface area contributed by atoms with Gasteiger partial charge < -0.3 is 0 Å². The van der Waals surface area contributed by atoms with E-state index in [1.165, 1.54) is 0 Å². The summed E-state index contributed by atoms with van der Waals surface area (Å²) in [6.07, 6.45) is 5.41. The second-order valence-electron chi connectivity index (χ2n) is 3.99. The van der Waals surface area contributed by atoms with Crippen molar-refractivity contribution in [1.29, 1.82) is 0 Å². The molecule has 78 valence electrons. The van der Waals surface area contributed by atoms with Crippen molar-refractivity contribution in [1.82, 2.24) is 0 Å². The first-order chi connectivity index (χ1) is 6.17. The van der Waals surface area contributed by atoms with Crippen LogP contribution in [0.15, 0.2) is 0 Å². The Balaban J connectivity index is 4.09. The lowest BCUT2D eigenvalue weighted by Gasteiger charge is -2.17. The Morgan fingerprint density at radius 1 is 1.08 bits per heavy atom. The molecule has 0 aliphatic rings. The molecule has 0 fully saturated rings. The molecule has 1 nitrogen and oxygen atoms in total. The van der Waals surface area contributed by atoms with Crippen LogP contribution in [0.4, 0.5) is 0 Å². The van der Waals surface area contributed by atoms with Gasteiger partial charge in [0.05, 0.1) is 0 Å². The highest BCUT2D eigenvalue weighted by molar-refractivity contribution is 5.83. The van der Waals surface area contributed by atoms with Crippen molar-refractivity contribution in [3.05, 3.63) is 0 Å². The molecule has 1 atom stereocenters. The quantitative estimate of drug-likeness (QED) is 0.588. The number of hydrogen-bond donors (Lipinski definition) is 0. The predicted molar refractivity (Wildman–Crippen MR) is 57.8 cm³/mol. The van der Waals surface area contributed by atoms with Gasteiger partial charge in [-0.3, -0.25) is 4.79 Å².